The van der Waals surface area contributed by atoms with Crippen LogP contribution in [0.25, 0.3) is 0 Å². The van der Waals surface area contributed by atoms with Crippen LogP contribution in [0.3, 0.4) is 0 Å². The van der Waals surface area contributed by atoms with Crippen molar-refractivity contribution in [3.05, 3.63) is 24.3 Å². The summed E-state index contributed by atoms with van der Waals surface area (Å²) < 4.78 is 0. The third-order valence-corrected chi connectivity index (χ3v) is 4.47. The van der Waals surface area contributed by atoms with Gasteiger partial charge in [-0.05, 0) is 30.9 Å². The summed E-state index contributed by atoms with van der Waals surface area (Å²) in [6.07, 6.45) is 0.553. The average molecular weight is 422 g/mol. The van der Waals surface area contributed by atoms with Crippen LogP contribution in [0, 0.1) is 5.41 Å². The molecule has 30 heavy (non-hydrogen) atoms. The molecule has 1 aromatic carbocycles. The molecule has 0 heterocycles. The molecule has 0 aliphatic heterocycles. The van der Waals surface area contributed by atoms with E-state index in [1.807, 2.05) is 20.8 Å². The fourth-order valence-electron chi connectivity index (χ4n) is 2.85. The predicted molar refractivity (Wildman–Crippen MR) is 120 cm³/mol. The van der Waals surface area contributed by atoms with Gasteiger partial charge >= 0.3 is 6.03 Å². The van der Waals surface area contributed by atoms with E-state index in [9.17, 15) is 14.7 Å². The third kappa shape index (κ3) is 7.20. The van der Waals surface area contributed by atoms with Gasteiger partial charge in [0.15, 0.2) is 0 Å². The number of hydrogen-bond acceptors (Lipinski definition) is 6. The molecule has 0 radical (unpaired) electrons. The van der Waals surface area contributed by atoms with Crippen molar-refractivity contribution in [1.82, 2.24) is 10.4 Å². The largest absolute Gasteiger partial charge is 0.393 e. The van der Waals surface area contributed by atoms with Crippen LogP contribution in [-0.4, -0.2) is 61.3 Å². The zero-order chi connectivity index (χ0) is 23.1. The van der Waals surface area contributed by atoms with E-state index in [0.717, 1.165) is 5.12 Å². The number of carbonyl (C=O) groups is 2. The van der Waals surface area contributed by atoms with E-state index in [-0.39, 0.29) is 5.84 Å². The van der Waals surface area contributed by atoms with Crippen LogP contribution in [0.1, 0.15) is 34.1 Å². The molecule has 0 aromatic heterocycles. The van der Waals surface area contributed by atoms with Crippen molar-refractivity contribution >= 4 is 29.7 Å². The highest BCUT2D eigenvalue weighted by molar-refractivity contribution is 6.00. The van der Waals surface area contributed by atoms with Gasteiger partial charge < -0.3 is 21.1 Å². The molecule has 0 saturated heterocycles. The number of hydrogen-bond donors (Lipinski definition) is 4. The lowest BCUT2D eigenvalue weighted by Gasteiger charge is -2.33. The molecule has 10 heteroatoms. The van der Waals surface area contributed by atoms with E-state index in [2.05, 4.69) is 10.4 Å². The van der Waals surface area contributed by atoms with Crippen molar-refractivity contribution in [2.45, 2.75) is 46.3 Å². The van der Waals surface area contributed by atoms with E-state index >= 15 is 0 Å². The normalized spacial score (nSPS) is 13.9. The lowest BCUT2D eigenvalue weighted by molar-refractivity contribution is -0.107. The molecule has 10 nitrogen and oxygen atoms in total. The van der Waals surface area contributed by atoms with Gasteiger partial charge in [-0.1, -0.05) is 32.9 Å². The van der Waals surface area contributed by atoms with Crippen molar-refractivity contribution in [2.75, 3.05) is 30.4 Å². The van der Waals surface area contributed by atoms with Crippen LogP contribution < -0.4 is 26.7 Å². The van der Waals surface area contributed by atoms with Crippen molar-refractivity contribution in [3.8, 4) is 0 Å². The number of para-hydroxylation sites is 2. The number of hydrazone groups is 1. The highest BCUT2D eigenvalue weighted by Gasteiger charge is 2.31. The molecule has 6 N–H and O–H groups in total. The Morgan fingerprint density at radius 2 is 1.83 bits per heavy atom. The molecule has 2 atom stereocenters. The fraction of sp³-hybridized carbons (Fsp3) is 0.550. The van der Waals surface area contributed by atoms with Crippen molar-refractivity contribution in [1.29, 1.82) is 0 Å². The first-order chi connectivity index (χ1) is 13.9. The zero-order valence-electron chi connectivity index (χ0n) is 18.7. The minimum atomic E-state index is -0.581. The second-order valence-corrected chi connectivity index (χ2v) is 8.33. The molecule has 2 unspecified atom stereocenters. The first kappa shape index (κ1) is 25.2. The molecule has 0 spiro atoms. The maximum Gasteiger partial charge on any atom is 0.322 e. The van der Waals surface area contributed by atoms with E-state index in [4.69, 9.17) is 11.6 Å². The standard InChI is InChI=1S/C20H35N7O3/c1-14(29)11-12-27(13-28)16-10-8-7-9-15(16)25(5)19(30)23-17(20(2,3)4)18(21)24-26(6)22/h7-10,13-14,17,29H,11-12,22H2,1-6H3,(H2,21,24)(H,23,30). The van der Waals surface area contributed by atoms with Gasteiger partial charge in [0.1, 0.15) is 5.84 Å². The number of amidine groups is 1. The minimum Gasteiger partial charge on any atom is -0.393 e. The number of nitrogens with zero attached hydrogens (tertiary/aromatic N) is 4. The molecule has 0 aliphatic carbocycles. The molecule has 3 amide bonds. The highest BCUT2D eigenvalue weighted by atomic mass is 16.3. The first-order valence-corrected chi connectivity index (χ1v) is 9.74. The number of rotatable bonds is 9. The molecule has 1 rings (SSSR count). The smallest absolute Gasteiger partial charge is 0.322 e. The maximum atomic E-state index is 13.0. The Morgan fingerprint density at radius 1 is 1.27 bits per heavy atom. The Kier molecular flexibility index (Phi) is 9.06. The molecule has 0 bridgehead atoms. The SMILES string of the molecule is CC(O)CCN(C=O)c1ccccc1N(C)C(=O)NC(/C(N)=N/N(C)N)C(C)(C)C. The summed E-state index contributed by atoms with van der Waals surface area (Å²) in [6.45, 7) is 7.76. The Morgan fingerprint density at radius 3 is 2.30 bits per heavy atom. The quantitative estimate of drug-likeness (QED) is 0.154. The van der Waals surface area contributed by atoms with Crippen molar-refractivity contribution < 1.29 is 14.7 Å². The van der Waals surface area contributed by atoms with Gasteiger partial charge in [0.25, 0.3) is 0 Å². The number of anilines is 2. The van der Waals surface area contributed by atoms with E-state index in [0.29, 0.717) is 30.8 Å². The third-order valence-electron chi connectivity index (χ3n) is 4.47. The van der Waals surface area contributed by atoms with Gasteiger partial charge in [-0.3, -0.25) is 9.69 Å². The monoisotopic (exact) mass is 421 g/mol. The van der Waals surface area contributed by atoms with Gasteiger partial charge in [-0.25, -0.2) is 15.8 Å². The number of benzene rings is 1. The Balaban J connectivity index is 3.16. The average Bonchev–Trinajstić information content (AvgIpc) is 2.64. The fourth-order valence-corrected chi connectivity index (χ4v) is 2.85. The lowest BCUT2D eigenvalue weighted by Crippen LogP contribution is -2.55. The second kappa shape index (κ2) is 10.8. The van der Waals surface area contributed by atoms with Gasteiger partial charge in [0.05, 0.1) is 23.5 Å². The first-order valence-electron chi connectivity index (χ1n) is 9.74. The van der Waals surface area contributed by atoms with Crippen molar-refractivity contribution in [2.24, 2.45) is 22.1 Å². The van der Waals surface area contributed by atoms with E-state index < -0.39 is 23.6 Å². The van der Waals surface area contributed by atoms with Gasteiger partial charge in [0.2, 0.25) is 6.41 Å². The van der Waals surface area contributed by atoms with E-state index in [1.54, 1.807) is 38.2 Å². The summed E-state index contributed by atoms with van der Waals surface area (Å²) >= 11 is 0. The molecule has 0 fully saturated rings. The Bertz CT molecular complexity index is 744. The maximum absolute atomic E-state index is 13.0. The van der Waals surface area contributed by atoms with E-state index in [1.165, 1.54) is 16.8 Å². The number of urea groups is 1. The van der Waals surface area contributed by atoms with Crippen LogP contribution in [0.15, 0.2) is 29.4 Å². The number of nitrogens with one attached hydrogen (secondary N) is 1. The van der Waals surface area contributed by atoms with Crippen LogP contribution in [-0.2, 0) is 4.79 Å². The second-order valence-electron chi connectivity index (χ2n) is 8.33. The summed E-state index contributed by atoms with van der Waals surface area (Å²) in [5, 5.41) is 17.6. The number of hydrazine groups is 1. The van der Waals surface area contributed by atoms with Gasteiger partial charge in [0, 0.05) is 20.6 Å². The van der Waals surface area contributed by atoms with Gasteiger partial charge in [-0.2, -0.15) is 0 Å². The summed E-state index contributed by atoms with van der Waals surface area (Å²) in [6, 6.07) is 6.05. The molecule has 0 aliphatic rings. The van der Waals surface area contributed by atoms with Gasteiger partial charge in [-0.15, -0.1) is 5.10 Å². The topological polar surface area (TPSA) is 141 Å². The molecular formula is C20H35N7O3. The summed E-state index contributed by atoms with van der Waals surface area (Å²) in [5.74, 6) is 5.74. The summed E-state index contributed by atoms with van der Waals surface area (Å²) in [5.41, 5.74) is 6.74. The number of amides is 3. The Hall–Kier alpha value is -2.85. The summed E-state index contributed by atoms with van der Waals surface area (Å²) in [7, 11) is 3.14. The predicted octanol–water partition coefficient (Wildman–Crippen LogP) is 1.06. The highest BCUT2D eigenvalue weighted by Crippen LogP contribution is 2.29. The summed E-state index contributed by atoms with van der Waals surface area (Å²) in [4.78, 5) is 27.5. The van der Waals surface area contributed by atoms with Crippen molar-refractivity contribution in [3.63, 3.8) is 0 Å². The lowest BCUT2D eigenvalue weighted by atomic mass is 9.86. The Labute approximate surface area is 178 Å². The molecule has 168 valence electrons. The van der Waals surface area contributed by atoms with Crippen LogP contribution in [0.4, 0.5) is 16.2 Å². The molecular weight excluding hydrogens is 386 g/mol. The van der Waals surface area contributed by atoms with Crippen LogP contribution in [0.5, 0.6) is 0 Å². The molecule has 0 saturated carbocycles. The number of aliphatic hydroxyl groups excluding tert-OH is 1. The number of carbonyl (C=O) groups excluding carboxylic acids is 2. The molecule has 1 aromatic rings. The van der Waals surface area contributed by atoms with Crippen LogP contribution >= 0.6 is 0 Å². The number of aliphatic hydroxyl groups is 1. The minimum absolute atomic E-state index is 0.175. The zero-order valence-corrected chi connectivity index (χ0v) is 18.7. The van der Waals surface area contributed by atoms with Crippen LogP contribution in [0.2, 0.25) is 0 Å². The number of nitrogens with two attached hydrogens (primary N) is 2.